The van der Waals surface area contributed by atoms with E-state index in [0.717, 1.165) is 70.4 Å². The number of rotatable bonds is 13. The molecule has 4 nitrogen and oxygen atoms in total. The minimum Gasteiger partial charge on any atom is -0.311 e. The van der Waals surface area contributed by atoms with E-state index in [0.29, 0.717) is 0 Å². The van der Waals surface area contributed by atoms with Gasteiger partial charge in [0.1, 0.15) is 0 Å². The average molecular weight is 1280 g/mol. The van der Waals surface area contributed by atoms with Crippen LogP contribution in [0, 0.1) is 0 Å². The third-order valence-electron chi connectivity index (χ3n) is 21.9. The highest BCUT2D eigenvalue weighted by molar-refractivity contribution is 6.99. The van der Waals surface area contributed by atoms with Gasteiger partial charge in [-0.25, -0.2) is 0 Å². The first-order valence-electron chi connectivity index (χ1n) is 35.3. The molecular weight excluding hydrogens is 1210 g/mol. The van der Waals surface area contributed by atoms with Gasteiger partial charge in [0, 0.05) is 85.0 Å². The molecule has 0 saturated carbocycles. The van der Waals surface area contributed by atoms with E-state index in [4.69, 9.17) is 0 Å². The fraction of sp³-hybridized carbons (Fsp3) is 0.0526. The van der Waals surface area contributed by atoms with Crippen LogP contribution in [0.4, 0.5) is 51.2 Å². The highest BCUT2D eigenvalue weighted by atomic mass is 15.2. The molecule has 1 aliphatic carbocycles. The molecule has 0 amide bonds. The summed E-state index contributed by atoms with van der Waals surface area (Å²) < 4.78 is 2.71. The Morgan fingerprint density at radius 2 is 0.780 bits per heavy atom. The maximum atomic E-state index is 2.71. The number of hydrogen-bond donors (Lipinski definition) is 0. The summed E-state index contributed by atoms with van der Waals surface area (Å²) in [5, 5.41) is 10.2. The molecule has 16 aromatic carbocycles. The third kappa shape index (κ3) is 9.30. The van der Waals surface area contributed by atoms with Gasteiger partial charge in [0.05, 0.1) is 5.52 Å². The van der Waals surface area contributed by atoms with Gasteiger partial charge in [-0.3, -0.25) is 0 Å². The van der Waals surface area contributed by atoms with Gasteiger partial charge in [-0.2, -0.15) is 0 Å². The van der Waals surface area contributed by atoms with Crippen molar-refractivity contribution in [2.75, 3.05) is 14.7 Å². The molecule has 3 aliphatic rings. The van der Waals surface area contributed by atoms with Crippen molar-refractivity contribution in [3.05, 3.63) is 391 Å². The van der Waals surface area contributed by atoms with E-state index in [1.54, 1.807) is 0 Å². The first-order chi connectivity index (χ1) is 49.6. The summed E-state index contributed by atoms with van der Waals surface area (Å²) in [5.41, 5.74) is 28.6. The van der Waals surface area contributed by atoms with Gasteiger partial charge in [0.25, 0.3) is 0 Å². The number of benzene rings is 16. The van der Waals surface area contributed by atoms with Crippen LogP contribution in [0.3, 0.4) is 0 Å². The van der Waals surface area contributed by atoms with Crippen molar-refractivity contribution in [1.82, 2.24) is 4.57 Å². The lowest BCUT2D eigenvalue weighted by molar-refractivity contribution is 0.734. The molecule has 1 unspecified atom stereocenters. The first-order valence-corrected chi connectivity index (χ1v) is 35.3. The standard InChI is InChI=1S/C95H67BN4/c1-9-29-64(30-10-1)82(65-31-11-2-12-32-65)55-63-49-51-78-80-52-53-81-92-79-48-28-27-46-76(79)75-45-25-26-47-77(75)86(92)62-91-94(81)96(88-60-73(58-85(93(80)88)83(78)56-63)98(68-37-17-5-18-38-68)69-39-19-6-20-40-69)89-61-74(99(70-41-21-7-22-42-70)71-43-23-8-24-44-71)59-87-84-57-72(50-54-90(84)100(91)95(87)89)97(66-33-13-3-14-34-66)67-35-15-4-16-36-67/h1-51,54,56-62,80,82H,52-53,55H2. The number of para-hydroxylation sites is 6. The summed E-state index contributed by atoms with van der Waals surface area (Å²) >= 11 is 0. The van der Waals surface area contributed by atoms with E-state index in [9.17, 15) is 0 Å². The smallest absolute Gasteiger partial charge is 0.247 e. The molecule has 3 heterocycles. The summed E-state index contributed by atoms with van der Waals surface area (Å²) in [5.74, 6) is 0.273. The molecule has 2 aliphatic heterocycles. The van der Waals surface area contributed by atoms with Gasteiger partial charge >= 0.3 is 0 Å². The Morgan fingerprint density at radius 1 is 0.340 bits per heavy atom. The molecule has 0 radical (unpaired) electrons. The Balaban J connectivity index is 0.940. The lowest BCUT2D eigenvalue weighted by Crippen LogP contribution is -2.59. The summed E-state index contributed by atoms with van der Waals surface area (Å²) in [6.07, 6.45) is 2.68. The maximum Gasteiger partial charge on any atom is 0.247 e. The largest absolute Gasteiger partial charge is 0.311 e. The Hall–Kier alpha value is -12.4. The maximum absolute atomic E-state index is 2.71. The van der Waals surface area contributed by atoms with Crippen LogP contribution in [0.5, 0.6) is 0 Å². The van der Waals surface area contributed by atoms with Gasteiger partial charge < -0.3 is 19.3 Å². The fourth-order valence-corrected chi connectivity index (χ4v) is 17.8. The number of aromatic nitrogens is 1. The Bertz CT molecular complexity index is 5850. The van der Waals surface area contributed by atoms with Crippen molar-refractivity contribution in [2.24, 2.45) is 0 Å². The fourth-order valence-electron chi connectivity index (χ4n) is 17.8. The number of aryl methyl sites for hydroxylation is 1. The summed E-state index contributed by atoms with van der Waals surface area (Å²) in [4.78, 5) is 7.43. The van der Waals surface area contributed by atoms with Crippen LogP contribution >= 0.6 is 0 Å². The van der Waals surface area contributed by atoms with E-state index in [1.807, 2.05) is 0 Å². The molecule has 100 heavy (non-hydrogen) atoms. The molecule has 470 valence electrons. The van der Waals surface area contributed by atoms with Crippen molar-refractivity contribution >= 4 is 128 Å². The van der Waals surface area contributed by atoms with Crippen LogP contribution in [-0.2, 0) is 12.8 Å². The Kier molecular flexibility index (Phi) is 13.7. The Labute approximate surface area is 583 Å². The molecule has 0 fully saturated rings. The van der Waals surface area contributed by atoms with Crippen LogP contribution < -0.4 is 31.1 Å². The van der Waals surface area contributed by atoms with Crippen LogP contribution in [0.25, 0.3) is 70.9 Å². The van der Waals surface area contributed by atoms with Crippen molar-refractivity contribution in [2.45, 2.75) is 31.1 Å². The van der Waals surface area contributed by atoms with Gasteiger partial charge in [-0.15, -0.1) is 0 Å². The monoisotopic (exact) mass is 1270 g/mol. The normalized spacial score (nSPS) is 13.3. The topological polar surface area (TPSA) is 14.7 Å². The van der Waals surface area contributed by atoms with Gasteiger partial charge in [0.15, 0.2) is 0 Å². The van der Waals surface area contributed by atoms with E-state index in [1.165, 1.54) is 121 Å². The van der Waals surface area contributed by atoms with E-state index in [-0.39, 0.29) is 18.5 Å². The zero-order chi connectivity index (χ0) is 65.8. The number of fused-ring (bicyclic) bond motifs is 16. The summed E-state index contributed by atoms with van der Waals surface area (Å²) in [6.45, 7) is -0.240. The Morgan fingerprint density at radius 3 is 1.31 bits per heavy atom. The first kappa shape index (κ1) is 57.8. The second-order valence-corrected chi connectivity index (χ2v) is 27.3. The second kappa shape index (κ2) is 23.7. The predicted octanol–water partition coefficient (Wildman–Crippen LogP) is 22.9. The second-order valence-electron chi connectivity index (χ2n) is 27.3. The van der Waals surface area contributed by atoms with E-state index >= 15 is 0 Å². The molecule has 0 spiro atoms. The summed E-state index contributed by atoms with van der Waals surface area (Å²) in [6, 6.07) is 135. The van der Waals surface area contributed by atoms with E-state index in [2.05, 4.69) is 377 Å². The molecule has 0 N–H and O–H groups in total. The average Bonchev–Trinajstić information content (AvgIpc) is 1.40. The minimum absolute atomic E-state index is 0.101. The predicted molar refractivity (Wildman–Crippen MR) is 422 cm³/mol. The SMILES string of the molecule is c1ccc(C(Cc2ccc3c(c2)-c2cc(N(c4ccccc4)c4ccccc4)cc4c2C3CCc2c3c(cc5c6ccccc6c6ccccc6c25)-n2c5ccc(N(c6ccccc6)c6ccccc6)cc5c5cc(N(c6ccccc6)c6ccccc6)cc(c52)B43)c2ccccc2)cc1. The number of nitrogens with zero attached hydrogens (tertiary/aromatic N) is 4. The minimum atomic E-state index is -0.240. The van der Waals surface area contributed by atoms with Crippen molar-refractivity contribution in [1.29, 1.82) is 0 Å². The third-order valence-corrected chi connectivity index (χ3v) is 21.9. The zero-order valence-electron chi connectivity index (χ0n) is 55.2. The molecule has 5 heteroatoms. The highest BCUT2D eigenvalue weighted by Gasteiger charge is 2.44. The molecule has 0 saturated heterocycles. The van der Waals surface area contributed by atoms with Crippen molar-refractivity contribution < 1.29 is 0 Å². The zero-order valence-corrected chi connectivity index (χ0v) is 55.2. The van der Waals surface area contributed by atoms with Crippen molar-refractivity contribution in [3.8, 4) is 16.8 Å². The molecule has 1 atom stereocenters. The van der Waals surface area contributed by atoms with Crippen LogP contribution in [0.2, 0.25) is 0 Å². The highest BCUT2D eigenvalue weighted by Crippen LogP contribution is 2.53. The van der Waals surface area contributed by atoms with E-state index < -0.39 is 0 Å². The van der Waals surface area contributed by atoms with Crippen LogP contribution in [0.1, 0.15) is 51.6 Å². The molecule has 1 aromatic heterocycles. The lowest BCUT2D eigenvalue weighted by atomic mass is 9.33. The van der Waals surface area contributed by atoms with Crippen LogP contribution in [0.15, 0.2) is 358 Å². The number of hydrogen-bond acceptors (Lipinski definition) is 3. The van der Waals surface area contributed by atoms with Crippen LogP contribution in [-0.4, -0.2) is 11.3 Å². The summed E-state index contributed by atoms with van der Waals surface area (Å²) in [7, 11) is 0. The van der Waals surface area contributed by atoms with Gasteiger partial charge in [-0.05, 0) is 228 Å². The quantitative estimate of drug-likeness (QED) is 0.0845. The molecule has 0 bridgehead atoms. The molecule has 20 rings (SSSR count). The van der Waals surface area contributed by atoms with Gasteiger partial charge in [-0.1, -0.05) is 242 Å². The number of anilines is 9. The van der Waals surface area contributed by atoms with Crippen molar-refractivity contribution in [3.63, 3.8) is 0 Å². The lowest BCUT2D eigenvalue weighted by Gasteiger charge is -2.36. The molecular formula is C95H67BN4. The molecule has 17 aromatic rings. The van der Waals surface area contributed by atoms with Gasteiger partial charge in [0.2, 0.25) is 6.71 Å².